The van der Waals surface area contributed by atoms with Crippen LogP contribution in [0.2, 0.25) is 0 Å². The topological polar surface area (TPSA) is 48.0 Å². The Labute approximate surface area is 158 Å². The zero-order valence-electron chi connectivity index (χ0n) is 15.4. The Hall–Kier alpha value is -2.86. The molecular formula is C21H22FNO4. The van der Waals surface area contributed by atoms with Crippen LogP contribution in [0.25, 0.3) is 11.6 Å². The van der Waals surface area contributed by atoms with Crippen molar-refractivity contribution >= 4 is 17.6 Å². The molecule has 0 aromatic heterocycles. The summed E-state index contributed by atoms with van der Waals surface area (Å²) >= 11 is 0. The number of halogens is 1. The van der Waals surface area contributed by atoms with Crippen molar-refractivity contribution in [1.82, 2.24) is 4.90 Å². The van der Waals surface area contributed by atoms with Gasteiger partial charge in [-0.15, -0.1) is 0 Å². The number of ether oxygens (including phenoxy) is 3. The van der Waals surface area contributed by atoms with Gasteiger partial charge in [0.25, 0.3) is 5.91 Å². The Morgan fingerprint density at radius 2 is 1.78 bits per heavy atom. The first-order valence-electron chi connectivity index (χ1n) is 8.69. The molecule has 1 amide bonds. The van der Waals surface area contributed by atoms with Crippen molar-refractivity contribution in [1.29, 1.82) is 0 Å². The zero-order valence-corrected chi connectivity index (χ0v) is 15.4. The van der Waals surface area contributed by atoms with Crippen molar-refractivity contribution in [2.75, 3.05) is 40.5 Å². The molecule has 0 atom stereocenters. The number of nitrogens with zero attached hydrogens (tertiary/aromatic N) is 1. The summed E-state index contributed by atoms with van der Waals surface area (Å²) in [4.78, 5) is 15.0. The van der Waals surface area contributed by atoms with Gasteiger partial charge in [0, 0.05) is 24.7 Å². The summed E-state index contributed by atoms with van der Waals surface area (Å²) in [6, 6.07) is 11.3. The number of amides is 1. The molecule has 0 spiro atoms. The molecule has 27 heavy (non-hydrogen) atoms. The molecule has 2 aromatic rings. The van der Waals surface area contributed by atoms with Gasteiger partial charge >= 0.3 is 0 Å². The molecule has 0 saturated carbocycles. The van der Waals surface area contributed by atoms with E-state index >= 15 is 0 Å². The largest absolute Gasteiger partial charge is 0.497 e. The van der Waals surface area contributed by atoms with Crippen molar-refractivity contribution < 1.29 is 23.4 Å². The standard InChI is InChI=1S/C21H22FNO4/c1-25-17-7-8-18(20(14-17)26-2)19(13-15-3-5-16(22)6-4-15)21(24)23-9-11-27-12-10-23/h3-8,13-14H,9-12H2,1-2H3/b19-13+. The second-order valence-electron chi connectivity index (χ2n) is 6.08. The predicted molar refractivity (Wildman–Crippen MR) is 101 cm³/mol. The minimum atomic E-state index is -0.324. The third kappa shape index (κ3) is 4.46. The van der Waals surface area contributed by atoms with E-state index in [4.69, 9.17) is 14.2 Å². The minimum Gasteiger partial charge on any atom is -0.497 e. The highest BCUT2D eigenvalue weighted by Gasteiger charge is 2.24. The van der Waals surface area contributed by atoms with Crippen LogP contribution in [0.4, 0.5) is 4.39 Å². The number of hydrogen-bond acceptors (Lipinski definition) is 4. The molecule has 3 rings (SSSR count). The normalized spacial score (nSPS) is 14.8. The summed E-state index contributed by atoms with van der Waals surface area (Å²) in [5, 5.41) is 0. The molecule has 0 N–H and O–H groups in total. The Morgan fingerprint density at radius 1 is 1.07 bits per heavy atom. The number of carbonyl (C=O) groups excluding carboxylic acids is 1. The van der Waals surface area contributed by atoms with E-state index in [1.54, 1.807) is 55.5 Å². The molecule has 1 aliphatic rings. The molecule has 1 aliphatic heterocycles. The average molecular weight is 371 g/mol. The molecule has 0 bridgehead atoms. The first-order valence-corrected chi connectivity index (χ1v) is 8.69. The van der Waals surface area contributed by atoms with Crippen LogP contribution in [-0.4, -0.2) is 51.3 Å². The van der Waals surface area contributed by atoms with Crippen molar-refractivity contribution in [2.45, 2.75) is 0 Å². The van der Waals surface area contributed by atoms with Gasteiger partial charge in [0.15, 0.2) is 0 Å². The van der Waals surface area contributed by atoms with Gasteiger partial charge in [-0.2, -0.15) is 0 Å². The van der Waals surface area contributed by atoms with Crippen molar-refractivity contribution in [3.05, 3.63) is 59.4 Å². The number of hydrogen-bond donors (Lipinski definition) is 0. The number of benzene rings is 2. The van der Waals surface area contributed by atoms with E-state index in [-0.39, 0.29) is 11.7 Å². The third-order valence-corrected chi connectivity index (χ3v) is 4.41. The maximum Gasteiger partial charge on any atom is 0.254 e. The SMILES string of the molecule is COc1ccc(/C(=C\c2ccc(F)cc2)C(=O)N2CCOCC2)c(OC)c1. The van der Waals surface area contributed by atoms with Crippen LogP contribution in [0.3, 0.4) is 0 Å². The van der Waals surface area contributed by atoms with Crippen LogP contribution in [0.5, 0.6) is 11.5 Å². The second kappa shape index (κ2) is 8.68. The van der Waals surface area contributed by atoms with Crippen molar-refractivity contribution in [3.63, 3.8) is 0 Å². The average Bonchev–Trinajstić information content (AvgIpc) is 2.73. The lowest BCUT2D eigenvalue weighted by atomic mass is 9.99. The smallest absolute Gasteiger partial charge is 0.254 e. The van der Waals surface area contributed by atoms with Gasteiger partial charge in [0.2, 0.25) is 0 Å². The Bertz CT molecular complexity index is 827. The van der Waals surface area contributed by atoms with Gasteiger partial charge in [-0.05, 0) is 35.9 Å². The fourth-order valence-electron chi connectivity index (χ4n) is 2.94. The molecule has 6 heteroatoms. The van der Waals surface area contributed by atoms with E-state index in [9.17, 15) is 9.18 Å². The summed E-state index contributed by atoms with van der Waals surface area (Å²) < 4.78 is 29.3. The van der Waals surface area contributed by atoms with Crippen LogP contribution < -0.4 is 9.47 Å². The summed E-state index contributed by atoms with van der Waals surface area (Å²) in [6.07, 6.45) is 1.75. The molecule has 5 nitrogen and oxygen atoms in total. The summed E-state index contributed by atoms with van der Waals surface area (Å²) in [7, 11) is 3.12. The molecule has 0 unspecified atom stereocenters. The van der Waals surface area contributed by atoms with E-state index in [1.807, 2.05) is 0 Å². The van der Waals surface area contributed by atoms with Crippen molar-refractivity contribution in [2.24, 2.45) is 0 Å². The summed E-state index contributed by atoms with van der Waals surface area (Å²) in [5.74, 6) is 0.723. The summed E-state index contributed by atoms with van der Waals surface area (Å²) in [6.45, 7) is 2.07. The fraction of sp³-hybridized carbons (Fsp3) is 0.286. The van der Waals surface area contributed by atoms with Crippen LogP contribution in [0.15, 0.2) is 42.5 Å². The number of methoxy groups -OCH3 is 2. The van der Waals surface area contributed by atoms with E-state index in [0.29, 0.717) is 48.9 Å². The highest BCUT2D eigenvalue weighted by Crippen LogP contribution is 2.32. The predicted octanol–water partition coefficient (Wildman–Crippen LogP) is 3.24. The third-order valence-electron chi connectivity index (χ3n) is 4.41. The van der Waals surface area contributed by atoms with Crippen LogP contribution in [0.1, 0.15) is 11.1 Å². The van der Waals surface area contributed by atoms with E-state index in [2.05, 4.69) is 0 Å². The quantitative estimate of drug-likeness (QED) is 0.598. The molecule has 1 fully saturated rings. The molecule has 2 aromatic carbocycles. The first kappa shape index (κ1) is 18.9. The highest BCUT2D eigenvalue weighted by atomic mass is 19.1. The first-order chi connectivity index (χ1) is 13.1. The van der Waals surface area contributed by atoms with Crippen molar-refractivity contribution in [3.8, 4) is 11.5 Å². The number of carbonyl (C=O) groups is 1. The van der Waals surface area contributed by atoms with Gasteiger partial charge in [-0.25, -0.2) is 4.39 Å². The maximum absolute atomic E-state index is 13.3. The number of morpholine rings is 1. The van der Waals surface area contributed by atoms with Crippen LogP contribution >= 0.6 is 0 Å². The highest BCUT2D eigenvalue weighted by molar-refractivity contribution is 6.24. The van der Waals surface area contributed by atoms with Gasteiger partial charge in [0.05, 0.1) is 33.0 Å². The lowest BCUT2D eigenvalue weighted by molar-refractivity contribution is -0.128. The fourth-order valence-corrected chi connectivity index (χ4v) is 2.94. The molecule has 142 valence electrons. The monoisotopic (exact) mass is 371 g/mol. The number of rotatable bonds is 5. The minimum absolute atomic E-state index is 0.119. The molecular weight excluding hydrogens is 349 g/mol. The molecule has 1 saturated heterocycles. The Balaban J connectivity index is 2.06. The summed E-state index contributed by atoms with van der Waals surface area (Å²) in [5.41, 5.74) is 1.85. The van der Waals surface area contributed by atoms with E-state index < -0.39 is 0 Å². The van der Waals surface area contributed by atoms with Gasteiger partial charge in [-0.3, -0.25) is 4.79 Å². The van der Waals surface area contributed by atoms with Gasteiger partial charge in [-0.1, -0.05) is 12.1 Å². The van der Waals surface area contributed by atoms with E-state index in [1.165, 1.54) is 12.1 Å². The van der Waals surface area contributed by atoms with Gasteiger partial charge in [0.1, 0.15) is 17.3 Å². The zero-order chi connectivity index (χ0) is 19.2. The lowest BCUT2D eigenvalue weighted by Crippen LogP contribution is -2.41. The maximum atomic E-state index is 13.3. The molecule has 0 aliphatic carbocycles. The van der Waals surface area contributed by atoms with Crippen LogP contribution in [-0.2, 0) is 9.53 Å². The Morgan fingerprint density at radius 3 is 2.41 bits per heavy atom. The van der Waals surface area contributed by atoms with Crippen LogP contribution in [0, 0.1) is 5.82 Å². The Kier molecular flexibility index (Phi) is 6.08. The molecule has 1 heterocycles. The second-order valence-corrected chi connectivity index (χ2v) is 6.08. The van der Waals surface area contributed by atoms with E-state index in [0.717, 1.165) is 5.56 Å². The molecule has 0 radical (unpaired) electrons. The lowest BCUT2D eigenvalue weighted by Gasteiger charge is -2.28. The van der Waals surface area contributed by atoms with Gasteiger partial charge < -0.3 is 19.1 Å².